The fourth-order valence-corrected chi connectivity index (χ4v) is 3.27. The van der Waals surface area contributed by atoms with E-state index < -0.39 is 11.8 Å². The van der Waals surface area contributed by atoms with E-state index >= 15 is 0 Å². The zero-order valence-electron chi connectivity index (χ0n) is 17.1. The number of nitriles is 1. The summed E-state index contributed by atoms with van der Waals surface area (Å²) in [5, 5.41) is 18.5. The van der Waals surface area contributed by atoms with Gasteiger partial charge in [0.05, 0.1) is 6.42 Å². The maximum Gasteiger partial charge on any atom is 0.307 e. The molecule has 7 nitrogen and oxygen atoms in total. The van der Waals surface area contributed by atoms with Crippen molar-refractivity contribution < 1.29 is 33.2 Å². The number of fused-ring (bicyclic) bond motifs is 1. The Hall–Kier alpha value is -4.25. The summed E-state index contributed by atoms with van der Waals surface area (Å²) in [5.41, 5.74) is 1.66. The van der Waals surface area contributed by atoms with Gasteiger partial charge in [-0.15, -0.1) is 0 Å². The van der Waals surface area contributed by atoms with Crippen LogP contribution in [0.1, 0.15) is 22.3 Å². The monoisotopic (exact) mass is 435 g/mol. The molecule has 0 atom stereocenters. The van der Waals surface area contributed by atoms with Crippen LogP contribution < -0.4 is 18.9 Å². The Labute approximate surface area is 183 Å². The number of ether oxygens (including phenoxy) is 4. The Balaban J connectivity index is 1.58. The first-order valence-electron chi connectivity index (χ1n) is 9.67. The molecule has 4 rings (SSSR count). The van der Waals surface area contributed by atoms with Crippen molar-refractivity contribution in [3.8, 4) is 34.8 Å². The van der Waals surface area contributed by atoms with Crippen molar-refractivity contribution >= 4 is 5.97 Å². The van der Waals surface area contributed by atoms with Crippen LogP contribution in [-0.2, 0) is 17.8 Å². The first-order chi connectivity index (χ1) is 15.4. The average Bonchev–Trinajstić information content (AvgIpc) is 3.22. The lowest BCUT2D eigenvalue weighted by Gasteiger charge is -2.14. The molecule has 0 saturated heterocycles. The van der Waals surface area contributed by atoms with Crippen molar-refractivity contribution in [1.29, 1.82) is 5.26 Å². The van der Waals surface area contributed by atoms with Crippen molar-refractivity contribution in [3.05, 3.63) is 76.6 Å². The van der Waals surface area contributed by atoms with E-state index in [-0.39, 0.29) is 36.9 Å². The van der Waals surface area contributed by atoms with Gasteiger partial charge in [-0.2, -0.15) is 5.26 Å². The predicted octanol–water partition coefficient (Wildman–Crippen LogP) is 4.73. The van der Waals surface area contributed by atoms with Crippen LogP contribution in [-0.4, -0.2) is 17.9 Å². The zero-order valence-corrected chi connectivity index (χ0v) is 17.1. The molecule has 3 aromatic carbocycles. The quantitative estimate of drug-likeness (QED) is 0.573. The molecule has 0 fully saturated rings. The smallest absolute Gasteiger partial charge is 0.307 e. The van der Waals surface area contributed by atoms with Crippen molar-refractivity contribution in [2.45, 2.75) is 20.0 Å². The maximum absolute atomic E-state index is 14.6. The van der Waals surface area contributed by atoms with Gasteiger partial charge in [-0.05, 0) is 41.8 Å². The zero-order chi connectivity index (χ0) is 22.7. The van der Waals surface area contributed by atoms with Crippen molar-refractivity contribution in [1.82, 2.24) is 0 Å². The Bertz CT molecular complexity index is 1230. The van der Waals surface area contributed by atoms with Crippen LogP contribution in [0.4, 0.5) is 4.39 Å². The largest absolute Gasteiger partial charge is 0.489 e. The molecule has 1 aliphatic heterocycles. The summed E-state index contributed by atoms with van der Waals surface area (Å²) < 4.78 is 36.7. The summed E-state index contributed by atoms with van der Waals surface area (Å²) in [6.07, 6.45) is -0.179. The maximum atomic E-state index is 14.6. The van der Waals surface area contributed by atoms with Gasteiger partial charge in [0, 0.05) is 12.1 Å². The molecule has 1 N–H and O–H groups in total. The number of hydrogen-bond acceptors (Lipinski definition) is 6. The van der Waals surface area contributed by atoms with Crippen LogP contribution in [0.25, 0.3) is 0 Å². The van der Waals surface area contributed by atoms with E-state index in [1.165, 1.54) is 6.07 Å². The molecule has 162 valence electrons. The molecule has 1 heterocycles. The van der Waals surface area contributed by atoms with Crippen LogP contribution in [0.5, 0.6) is 28.7 Å². The molecule has 0 spiro atoms. The third-order valence-corrected chi connectivity index (χ3v) is 4.94. The average molecular weight is 435 g/mol. The second-order valence-electron chi connectivity index (χ2n) is 7.08. The Kier molecular flexibility index (Phi) is 5.81. The summed E-state index contributed by atoms with van der Waals surface area (Å²) in [6, 6.07) is 14.6. The molecule has 0 aliphatic carbocycles. The van der Waals surface area contributed by atoms with Crippen molar-refractivity contribution in [3.63, 3.8) is 0 Å². The van der Waals surface area contributed by atoms with E-state index in [1.807, 2.05) is 6.07 Å². The molecule has 3 aromatic rings. The summed E-state index contributed by atoms with van der Waals surface area (Å²) in [5.74, 6) is -0.0324. The van der Waals surface area contributed by atoms with Gasteiger partial charge in [0.2, 0.25) is 6.79 Å². The van der Waals surface area contributed by atoms with Gasteiger partial charge < -0.3 is 24.1 Å². The highest BCUT2D eigenvalue weighted by Crippen LogP contribution is 2.35. The van der Waals surface area contributed by atoms with E-state index in [9.17, 15) is 14.4 Å². The molecule has 0 unspecified atom stereocenters. The lowest BCUT2D eigenvalue weighted by atomic mass is 10.0. The Morgan fingerprint density at radius 2 is 1.97 bits per heavy atom. The number of halogens is 1. The van der Waals surface area contributed by atoms with Crippen LogP contribution in [0.3, 0.4) is 0 Å². The highest BCUT2D eigenvalue weighted by molar-refractivity contribution is 5.71. The first kappa shape index (κ1) is 21.0. The predicted molar refractivity (Wildman–Crippen MR) is 111 cm³/mol. The van der Waals surface area contributed by atoms with Crippen LogP contribution >= 0.6 is 0 Å². The Morgan fingerprint density at radius 1 is 1.16 bits per heavy atom. The summed E-state index contributed by atoms with van der Waals surface area (Å²) in [7, 11) is 0. The molecule has 0 bridgehead atoms. The molecule has 1 aliphatic rings. The third kappa shape index (κ3) is 4.42. The first-order valence-corrected chi connectivity index (χ1v) is 9.67. The van der Waals surface area contributed by atoms with E-state index in [1.54, 1.807) is 43.3 Å². The molecule has 0 saturated carbocycles. The fraction of sp³-hybridized carbons (Fsp3) is 0.167. The minimum atomic E-state index is -0.979. The molecular formula is C24H18FNO6. The fourth-order valence-electron chi connectivity index (χ4n) is 3.27. The molecule has 0 radical (unpaired) electrons. The number of carboxylic acids is 1. The molecule has 0 amide bonds. The van der Waals surface area contributed by atoms with E-state index in [4.69, 9.17) is 24.1 Å². The number of aliphatic carboxylic acids is 1. The van der Waals surface area contributed by atoms with Gasteiger partial charge in [-0.3, -0.25) is 4.79 Å². The molecule has 0 aromatic heterocycles. The van der Waals surface area contributed by atoms with Crippen LogP contribution in [0.15, 0.2) is 48.5 Å². The number of hydrogen-bond donors (Lipinski definition) is 1. The van der Waals surface area contributed by atoms with Crippen molar-refractivity contribution in [2.24, 2.45) is 0 Å². The van der Waals surface area contributed by atoms with Gasteiger partial charge in [0.1, 0.15) is 35.6 Å². The molecule has 32 heavy (non-hydrogen) atoms. The number of carboxylic acid groups (broad SMARTS) is 1. The van der Waals surface area contributed by atoms with Crippen molar-refractivity contribution in [2.75, 3.05) is 6.79 Å². The minimum Gasteiger partial charge on any atom is -0.489 e. The van der Waals surface area contributed by atoms with Crippen LogP contribution in [0, 0.1) is 24.1 Å². The Morgan fingerprint density at radius 3 is 2.75 bits per heavy atom. The second-order valence-corrected chi connectivity index (χ2v) is 7.08. The third-order valence-electron chi connectivity index (χ3n) is 4.94. The minimum absolute atomic E-state index is 0.0243. The summed E-state index contributed by atoms with van der Waals surface area (Å²) in [4.78, 5) is 11.1. The molecule has 8 heteroatoms. The molecular weight excluding hydrogens is 417 g/mol. The number of benzene rings is 3. The van der Waals surface area contributed by atoms with Gasteiger partial charge in [-0.25, -0.2) is 4.39 Å². The van der Waals surface area contributed by atoms with Gasteiger partial charge >= 0.3 is 5.97 Å². The summed E-state index contributed by atoms with van der Waals surface area (Å²) in [6.45, 7) is 2.00. The SMILES string of the molecule is Cc1c(CC(=O)O)cccc1Oc1cc(OCc2ccc3c(c2)OCO3)cc(F)c1C#N. The van der Waals surface area contributed by atoms with Crippen LogP contribution in [0.2, 0.25) is 0 Å². The van der Waals surface area contributed by atoms with Gasteiger partial charge in [-0.1, -0.05) is 18.2 Å². The topological polar surface area (TPSA) is 98.0 Å². The number of nitrogens with zero attached hydrogens (tertiary/aromatic N) is 1. The standard InChI is InChI=1S/C24H18FNO6/c1-14-16(8-24(27)28)3-2-4-20(14)32-22-10-17(9-19(25)18(22)11-26)29-12-15-5-6-21-23(7-15)31-13-30-21/h2-7,9-10H,8,12-13H2,1H3,(H,27,28). The highest BCUT2D eigenvalue weighted by atomic mass is 19.1. The van der Waals surface area contributed by atoms with Gasteiger partial charge in [0.25, 0.3) is 0 Å². The normalized spacial score (nSPS) is 11.7. The summed E-state index contributed by atoms with van der Waals surface area (Å²) >= 11 is 0. The lowest BCUT2D eigenvalue weighted by molar-refractivity contribution is -0.136. The lowest BCUT2D eigenvalue weighted by Crippen LogP contribution is -2.03. The number of rotatable bonds is 7. The van der Waals surface area contributed by atoms with Gasteiger partial charge in [0.15, 0.2) is 17.2 Å². The number of carbonyl (C=O) groups is 1. The van der Waals surface area contributed by atoms with E-state index in [0.717, 1.165) is 11.6 Å². The van der Waals surface area contributed by atoms with E-state index in [2.05, 4.69) is 0 Å². The second kappa shape index (κ2) is 8.86. The van der Waals surface area contributed by atoms with E-state index in [0.29, 0.717) is 28.4 Å². The highest BCUT2D eigenvalue weighted by Gasteiger charge is 2.17.